The summed E-state index contributed by atoms with van der Waals surface area (Å²) in [6, 6.07) is 15.2. The van der Waals surface area contributed by atoms with E-state index in [1.165, 1.54) is 33.1 Å². The van der Waals surface area contributed by atoms with E-state index in [9.17, 15) is 0 Å². The molecule has 0 aliphatic carbocycles. The summed E-state index contributed by atoms with van der Waals surface area (Å²) in [7, 11) is 0. The van der Waals surface area contributed by atoms with Crippen LogP contribution in [0.3, 0.4) is 0 Å². The molecule has 0 heterocycles. The van der Waals surface area contributed by atoms with Crippen molar-refractivity contribution in [3.63, 3.8) is 0 Å². The van der Waals surface area contributed by atoms with Crippen LogP contribution < -0.4 is 0 Å². The van der Waals surface area contributed by atoms with E-state index < -0.39 is 0 Å². The minimum Gasteiger partial charge on any atom is -0.0856 e. The summed E-state index contributed by atoms with van der Waals surface area (Å²) < 4.78 is 0. The molecule has 0 N–H and O–H groups in total. The molecule has 0 nitrogen and oxygen atoms in total. The predicted molar refractivity (Wildman–Crippen MR) is 100 cm³/mol. The van der Waals surface area contributed by atoms with Crippen LogP contribution in [-0.4, -0.2) is 0 Å². The van der Waals surface area contributed by atoms with Gasteiger partial charge < -0.3 is 0 Å². The van der Waals surface area contributed by atoms with E-state index in [4.69, 9.17) is 0 Å². The third-order valence-corrected chi connectivity index (χ3v) is 3.91. The van der Waals surface area contributed by atoms with Crippen molar-refractivity contribution in [1.82, 2.24) is 0 Å². The first-order valence-electron chi connectivity index (χ1n) is 8.03. The molecule has 0 aromatic heterocycles. The van der Waals surface area contributed by atoms with Crippen molar-refractivity contribution in [3.05, 3.63) is 77.4 Å². The van der Waals surface area contributed by atoms with E-state index in [-0.39, 0.29) is 0 Å². The first kappa shape index (κ1) is 16.3. The molecule has 0 aliphatic heterocycles. The lowest BCUT2D eigenvalue weighted by molar-refractivity contribution is 0.967. The standard InChI is InChI=1S/C22H26/c1-17(2)8-7-9-18(3)12-13-19(4)21-15-14-20-10-5-6-11-22(20)16-21/h5-6,8,10-16H,7,9H2,1-4H3/b18-12+,19-13?. The maximum atomic E-state index is 2.30. The zero-order valence-corrected chi connectivity index (χ0v) is 14.2. The molecule has 114 valence electrons. The summed E-state index contributed by atoms with van der Waals surface area (Å²) in [4.78, 5) is 0. The minimum atomic E-state index is 1.13. The van der Waals surface area contributed by atoms with Crippen LogP contribution in [0.25, 0.3) is 16.3 Å². The molecule has 0 aliphatic rings. The number of hydrogen-bond donors (Lipinski definition) is 0. The van der Waals surface area contributed by atoms with Crippen LogP contribution in [0.15, 0.2) is 71.8 Å². The Morgan fingerprint density at radius 3 is 2.32 bits per heavy atom. The Hall–Kier alpha value is -2.08. The van der Waals surface area contributed by atoms with Crippen LogP contribution in [0.5, 0.6) is 0 Å². The quantitative estimate of drug-likeness (QED) is 0.413. The van der Waals surface area contributed by atoms with Gasteiger partial charge in [-0.25, -0.2) is 0 Å². The molecule has 0 saturated carbocycles. The molecular weight excluding hydrogens is 264 g/mol. The highest BCUT2D eigenvalue weighted by molar-refractivity contribution is 5.86. The molecule has 0 heteroatoms. The summed E-state index contributed by atoms with van der Waals surface area (Å²) in [5.41, 5.74) is 5.44. The average molecular weight is 290 g/mol. The second-order valence-corrected chi connectivity index (χ2v) is 6.24. The molecule has 2 aromatic carbocycles. The highest BCUT2D eigenvalue weighted by atomic mass is 14.0. The molecule has 0 spiro atoms. The normalized spacial score (nSPS) is 12.5. The highest BCUT2D eigenvalue weighted by Crippen LogP contribution is 2.21. The van der Waals surface area contributed by atoms with Crippen molar-refractivity contribution < 1.29 is 0 Å². The minimum absolute atomic E-state index is 1.13. The Labute approximate surface area is 134 Å². The van der Waals surface area contributed by atoms with E-state index >= 15 is 0 Å². The lowest BCUT2D eigenvalue weighted by Gasteiger charge is -2.04. The van der Waals surface area contributed by atoms with E-state index in [2.05, 4.69) is 88.4 Å². The molecule has 22 heavy (non-hydrogen) atoms. The second kappa shape index (κ2) is 7.79. The highest BCUT2D eigenvalue weighted by Gasteiger charge is 1.97. The number of rotatable bonds is 5. The van der Waals surface area contributed by atoms with Crippen LogP contribution in [0, 0.1) is 0 Å². The largest absolute Gasteiger partial charge is 0.0856 e. The zero-order valence-electron chi connectivity index (χ0n) is 14.2. The van der Waals surface area contributed by atoms with Crippen molar-refractivity contribution in [2.75, 3.05) is 0 Å². The second-order valence-electron chi connectivity index (χ2n) is 6.24. The summed E-state index contributed by atoms with van der Waals surface area (Å²) in [6.45, 7) is 8.71. The molecule has 0 unspecified atom stereocenters. The molecule has 2 aromatic rings. The fourth-order valence-corrected chi connectivity index (χ4v) is 2.47. The number of hydrogen-bond acceptors (Lipinski definition) is 0. The van der Waals surface area contributed by atoms with E-state index in [0.29, 0.717) is 0 Å². The van der Waals surface area contributed by atoms with Crippen molar-refractivity contribution in [2.24, 2.45) is 0 Å². The van der Waals surface area contributed by atoms with Gasteiger partial charge in [0.15, 0.2) is 0 Å². The van der Waals surface area contributed by atoms with Crippen LogP contribution in [-0.2, 0) is 0 Å². The zero-order chi connectivity index (χ0) is 15.9. The van der Waals surface area contributed by atoms with Crippen LogP contribution in [0.1, 0.15) is 46.1 Å². The summed E-state index contributed by atoms with van der Waals surface area (Å²) in [5.74, 6) is 0. The van der Waals surface area contributed by atoms with Gasteiger partial charge in [0.2, 0.25) is 0 Å². The van der Waals surface area contributed by atoms with Gasteiger partial charge in [0, 0.05) is 0 Å². The molecule has 0 amide bonds. The summed E-state index contributed by atoms with van der Waals surface area (Å²) in [6.07, 6.45) is 9.06. The number of allylic oxidation sites excluding steroid dienone is 6. The fourth-order valence-electron chi connectivity index (χ4n) is 2.47. The third kappa shape index (κ3) is 4.73. The molecular formula is C22H26. The SMILES string of the molecule is CC(C)=CCC/C(C)=C/C=C(C)c1ccc2ccccc2c1. The van der Waals surface area contributed by atoms with Gasteiger partial charge >= 0.3 is 0 Å². The first-order valence-corrected chi connectivity index (χ1v) is 8.03. The first-order chi connectivity index (χ1) is 10.6. The van der Waals surface area contributed by atoms with Crippen molar-refractivity contribution in [2.45, 2.75) is 40.5 Å². The van der Waals surface area contributed by atoms with Crippen molar-refractivity contribution in [3.8, 4) is 0 Å². The van der Waals surface area contributed by atoms with E-state index in [1.54, 1.807) is 0 Å². The van der Waals surface area contributed by atoms with Crippen molar-refractivity contribution >= 4 is 16.3 Å². The Morgan fingerprint density at radius 1 is 0.864 bits per heavy atom. The number of fused-ring (bicyclic) bond motifs is 1. The maximum Gasteiger partial charge on any atom is -0.0178 e. The Kier molecular flexibility index (Phi) is 5.77. The van der Waals surface area contributed by atoms with Gasteiger partial charge in [0.25, 0.3) is 0 Å². The van der Waals surface area contributed by atoms with Gasteiger partial charge in [-0.2, -0.15) is 0 Å². The van der Waals surface area contributed by atoms with Gasteiger partial charge in [0.05, 0.1) is 0 Å². The van der Waals surface area contributed by atoms with Gasteiger partial charge in [0.1, 0.15) is 0 Å². The molecule has 0 atom stereocenters. The predicted octanol–water partition coefficient (Wildman–Crippen LogP) is 6.94. The monoisotopic (exact) mass is 290 g/mol. The topological polar surface area (TPSA) is 0 Å². The molecule has 0 saturated heterocycles. The van der Waals surface area contributed by atoms with Gasteiger partial charge in [-0.1, -0.05) is 65.8 Å². The molecule has 0 fully saturated rings. The van der Waals surface area contributed by atoms with Gasteiger partial charge in [-0.15, -0.1) is 0 Å². The molecule has 2 rings (SSSR count). The number of benzene rings is 2. The fraction of sp³-hybridized carbons (Fsp3) is 0.273. The molecule has 0 radical (unpaired) electrons. The Bertz CT molecular complexity index is 723. The van der Waals surface area contributed by atoms with Crippen LogP contribution in [0.2, 0.25) is 0 Å². The summed E-state index contributed by atoms with van der Waals surface area (Å²) in [5, 5.41) is 2.60. The van der Waals surface area contributed by atoms with E-state index in [1.807, 2.05) is 0 Å². The van der Waals surface area contributed by atoms with Crippen LogP contribution >= 0.6 is 0 Å². The van der Waals surface area contributed by atoms with Crippen LogP contribution in [0.4, 0.5) is 0 Å². The lowest BCUT2D eigenvalue weighted by Crippen LogP contribution is -1.81. The summed E-state index contributed by atoms with van der Waals surface area (Å²) >= 11 is 0. The van der Waals surface area contributed by atoms with E-state index in [0.717, 1.165) is 12.8 Å². The lowest BCUT2D eigenvalue weighted by atomic mass is 10.0. The Balaban J connectivity index is 2.11. The molecule has 0 bridgehead atoms. The van der Waals surface area contributed by atoms with Gasteiger partial charge in [-0.3, -0.25) is 0 Å². The smallest absolute Gasteiger partial charge is 0.0178 e. The maximum absolute atomic E-state index is 2.30. The van der Waals surface area contributed by atoms with Gasteiger partial charge in [-0.05, 0) is 68.5 Å². The third-order valence-electron chi connectivity index (χ3n) is 3.91. The Morgan fingerprint density at radius 2 is 1.59 bits per heavy atom. The average Bonchev–Trinajstić information content (AvgIpc) is 2.51. The van der Waals surface area contributed by atoms with Crippen molar-refractivity contribution in [1.29, 1.82) is 0 Å².